The molecule has 0 saturated heterocycles. The standard InChI is InChI=1S/C21H40O6P2.3Na/c1-18(2)12-10-14-20(4)16-11-15-19(3)13-8-6-5-7-9-17-21(28(22,23)24)29(25,26)27;;;/h12-13,16,21H,5-11,14-15,17H2,1-4H3,(H2,22,23,24)(H2,25,26,27);;;/q;3*+1/p-3/b19-13+,20-16+;;;. The SMILES string of the molecule is CC(C)=CCC/C(C)=C/CC/C(C)=C/CCCCCCC(P(=O)([O-])[O-])P(=O)([O-])O.[Na+].[Na+].[Na+]. The molecule has 0 radical (unpaired) electrons. The molecule has 2 unspecified atom stereocenters. The molecule has 0 aliphatic carbocycles. The van der Waals surface area contributed by atoms with E-state index in [0.29, 0.717) is 6.42 Å². The molecule has 0 aromatic heterocycles. The fourth-order valence-corrected chi connectivity index (χ4v) is 5.45. The van der Waals surface area contributed by atoms with Crippen LogP contribution in [0.2, 0.25) is 0 Å². The Morgan fingerprint density at radius 1 is 0.750 bits per heavy atom. The summed E-state index contributed by atoms with van der Waals surface area (Å²) in [5.74, 6) is 0. The minimum Gasteiger partial charge on any atom is -0.810 e. The average Bonchev–Trinajstić information content (AvgIpc) is 2.54. The van der Waals surface area contributed by atoms with E-state index in [4.69, 9.17) is 4.89 Å². The van der Waals surface area contributed by atoms with Gasteiger partial charge < -0.3 is 28.7 Å². The molecule has 0 amide bonds. The molecule has 1 N–H and O–H groups in total. The summed E-state index contributed by atoms with van der Waals surface area (Å²) in [5.41, 5.74) is 4.11. The number of allylic oxidation sites excluding steroid dienone is 6. The number of hydrogen-bond acceptors (Lipinski definition) is 5. The fourth-order valence-electron chi connectivity index (χ4n) is 3.01. The van der Waals surface area contributed by atoms with Gasteiger partial charge in [-0.2, -0.15) is 0 Å². The maximum Gasteiger partial charge on any atom is 1.00 e. The molecule has 0 aromatic carbocycles. The van der Waals surface area contributed by atoms with Gasteiger partial charge in [0.05, 0.1) is 5.40 Å². The Morgan fingerprint density at radius 3 is 1.62 bits per heavy atom. The minimum absolute atomic E-state index is 0. The van der Waals surface area contributed by atoms with E-state index < -0.39 is 20.6 Å². The van der Waals surface area contributed by atoms with Crippen LogP contribution in [-0.4, -0.2) is 10.3 Å². The van der Waals surface area contributed by atoms with Crippen molar-refractivity contribution in [2.75, 3.05) is 0 Å². The smallest absolute Gasteiger partial charge is 0.810 e. The molecule has 2 atom stereocenters. The fraction of sp³-hybridized carbons (Fsp3) is 0.714. The van der Waals surface area contributed by atoms with E-state index >= 15 is 0 Å². The third kappa shape index (κ3) is 24.2. The second-order valence-electron chi connectivity index (χ2n) is 8.04. The second kappa shape index (κ2) is 22.7. The number of unbranched alkanes of at least 4 members (excludes halogenated alkanes) is 4. The van der Waals surface area contributed by atoms with Gasteiger partial charge in [0.25, 0.3) is 0 Å². The van der Waals surface area contributed by atoms with Crippen LogP contribution in [0.25, 0.3) is 0 Å². The van der Waals surface area contributed by atoms with Crippen LogP contribution in [0.4, 0.5) is 0 Å². The molecule has 11 heteroatoms. The summed E-state index contributed by atoms with van der Waals surface area (Å²) in [6.45, 7) is 8.51. The van der Waals surface area contributed by atoms with Crippen LogP contribution < -0.4 is 103 Å². The summed E-state index contributed by atoms with van der Waals surface area (Å²) in [4.78, 5) is 41.8. The molecule has 0 heterocycles. The monoisotopic (exact) mass is 516 g/mol. The van der Waals surface area contributed by atoms with Gasteiger partial charge in [0, 0.05) is 0 Å². The van der Waals surface area contributed by atoms with Gasteiger partial charge in [-0.1, -0.05) is 61.8 Å². The first-order valence-corrected chi connectivity index (χ1v) is 13.6. The van der Waals surface area contributed by atoms with E-state index in [1.165, 1.54) is 16.7 Å². The Morgan fingerprint density at radius 2 is 1.19 bits per heavy atom. The van der Waals surface area contributed by atoms with E-state index in [2.05, 4.69) is 45.9 Å². The molecule has 0 saturated carbocycles. The van der Waals surface area contributed by atoms with Crippen LogP contribution in [-0.2, 0) is 9.13 Å². The number of rotatable bonds is 15. The molecule has 0 rings (SSSR count). The molecule has 0 spiro atoms. The molecule has 170 valence electrons. The zero-order chi connectivity index (χ0) is 22.5. The van der Waals surface area contributed by atoms with Crippen molar-refractivity contribution < 1.29 is 117 Å². The van der Waals surface area contributed by atoms with Gasteiger partial charge in [-0.05, 0) is 72.6 Å². The molecule has 0 aromatic rings. The van der Waals surface area contributed by atoms with Crippen LogP contribution in [0.3, 0.4) is 0 Å². The Kier molecular flexibility index (Phi) is 29.5. The Bertz CT molecular complexity index is 642. The Balaban J connectivity index is -0.00000131. The maximum absolute atomic E-state index is 11.0. The molecule has 32 heavy (non-hydrogen) atoms. The topological polar surface area (TPSA) is 124 Å². The van der Waals surface area contributed by atoms with E-state index in [9.17, 15) is 23.8 Å². The van der Waals surface area contributed by atoms with Crippen molar-refractivity contribution in [3.8, 4) is 0 Å². The summed E-state index contributed by atoms with van der Waals surface area (Å²) in [7, 11) is -10.5. The van der Waals surface area contributed by atoms with Crippen LogP contribution in [0.5, 0.6) is 0 Å². The van der Waals surface area contributed by atoms with Crippen molar-refractivity contribution in [2.45, 2.75) is 97.3 Å². The first-order valence-electron chi connectivity index (χ1n) is 10.3. The summed E-state index contributed by atoms with van der Waals surface area (Å²) < 4.78 is 22.0. The van der Waals surface area contributed by atoms with Crippen molar-refractivity contribution in [2.24, 2.45) is 0 Å². The first kappa shape index (κ1) is 41.6. The first-order chi connectivity index (χ1) is 13.3. The third-order valence-corrected chi connectivity index (χ3v) is 8.50. The third-order valence-electron chi connectivity index (χ3n) is 4.77. The normalized spacial score (nSPS) is 14.9. The summed E-state index contributed by atoms with van der Waals surface area (Å²) in [5, 5.41) is -2.20. The average molecular weight is 516 g/mol. The summed E-state index contributed by atoms with van der Waals surface area (Å²) in [6, 6.07) is 0. The summed E-state index contributed by atoms with van der Waals surface area (Å²) >= 11 is 0. The molecule has 0 fully saturated rings. The van der Waals surface area contributed by atoms with Crippen molar-refractivity contribution in [3.63, 3.8) is 0 Å². The van der Waals surface area contributed by atoms with E-state index in [1.807, 2.05) is 0 Å². The molecular formula is C21H37Na3O6P2. The van der Waals surface area contributed by atoms with Crippen LogP contribution in [0, 0.1) is 0 Å². The Hall–Kier alpha value is 2.52. The zero-order valence-corrected chi connectivity index (χ0v) is 29.1. The molecule has 0 aliphatic heterocycles. The molecule has 6 nitrogen and oxygen atoms in total. The summed E-state index contributed by atoms with van der Waals surface area (Å²) in [6.07, 6.45) is 14.2. The quantitative estimate of drug-likeness (QED) is 0.101. The van der Waals surface area contributed by atoms with Crippen molar-refractivity contribution >= 4 is 15.2 Å². The second-order valence-corrected chi connectivity index (χ2v) is 11.9. The van der Waals surface area contributed by atoms with Crippen LogP contribution in [0.1, 0.15) is 91.9 Å². The van der Waals surface area contributed by atoms with E-state index in [0.717, 1.165) is 44.9 Å². The maximum atomic E-state index is 11.0. The van der Waals surface area contributed by atoms with Gasteiger partial charge in [-0.3, -0.25) is 0 Å². The number of hydrogen-bond donors (Lipinski definition) is 1. The van der Waals surface area contributed by atoms with Crippen molar-refractivity contribution in [3.05, 3.63) is 34.9 Å². The zero-order valence-electron chi connectivity index (χ0n) is 21.3. The van der Waals surface area contributed by atoms with Crippen molar-refractivity contribution in [1.29, 1.82) is 0 Å². The van der Waals surface area contributed by atoms with Crippen LogP contribution >= 0.6 is 15.2 Å². The van der Waals surface area contributed by atoms with Gasteiger partial charge in [0.2, 0.25) is 0 Å². The molecule has 0 bridgehead atoms. The van der Waals surface area contributed by atoms with E-state index in [-0.39, 0.29) is 102 Å². The molecular weight excluding hydrogens is 479 g/mol. The Labute approximate surface area is 261 Å². The van der Waals surface area contributed by atoms with Gasteiger partial charge >= 0.3 is 88.7 Å². The molecule has 0 aliphatic rings. The van der Waals surface area contributed by atoms with Gasteiger partial charge in [-0.25, -0.2) is 0 Å². The largest absolute Gasteiger partial charge is 1.00 e. The predicted molar refractivity (Wildman–Crippen MR) is 114 cm³/mol. The van der Waals surface area contributed by atoms with Crippen LogP contribution in [0.15, 0.2) is 34.9 Å². The van der Waals surface area contributed by atoms with Gasteiger partial charge in [0.15, 0.2) is 0 Å². The predicted octanol–water partition coefficient (Wildman–Crippen LogP) is -4.46. The van der Waals surface area contributed by atoms with E-state index in [1.54, 1.807) is 0 Å². The van der Waals surface area contributed by atoms with Gasteiger partial charge in [0.1, 0.15) is 7.60 Å². The van der Waals surface area contributed by atoms with Gasteiger partial charge in [-0.15, -0.1) is 0 Å². The van der Waals surface area contributed by atoms with Crippen molar-refractivity contribution in [1.82, 2.24) is 0 Å². The minimum atomic E-state index is -5.34.